The molecule has 1 heterocycles. The molecule has 8 nitrogen and oxygen atoms in total. The summed E-state index contributed by atoms with van der Waals surface area (Å²) in [7, 11) is 0. The molecule has 128 valence electrons. The maximum Gasteiger partial charge on any atom is 0.262 e. The highest BCUT2D eigenvalue weighted by molar-refractivity contribution is 5.92. The van der Waals surface area contributed by atoms with Gasteiger partial charge in [0.2, 0.25) is 0 Å². The van der Waals surface area contributed by atoms with E-state index in [0.29, 0.717) is 23.8 Å². The molecule has 0 saturated carbocycles. The Kier molecular flexibility index (Phi) is 5.20. The molecular weight excluding hydrogens is 322 g/mol. The van der Waals surface area contributed by atoms with Gasteiger partial charge in [0.15, 0.2) is 18.1 Å². The van der Waals surface area contributed by atoms with Gasteiger partial charge in [0, 0.05) is 5.69 Å². The van der Waals surface area contributed by atoms with E-state index in [9.17, 15) is 4.79 Å². The lowest BCUT2D eigenvalue weighted by Crippen LogP contribution is -2.20. The number of rotatable bonds is 7. The first kappa shape index (κ1) is 16.4. The topological polar surface area (TPSA) is 91.2 Å². The van der Waals surface area contributed by atoms with Gasteiger partial charge in [-0.1, -0.05) is 18.2 Å². The summed E-state index contributed by atoms with van der Waals surface area (Å²) < 4.78 is 12.5. The van der Waals surface area contributed by atoms with E-state index < -0.39 is 0 Å². The van der Waals surface area contributed by atoms with Gasteiger partial charge in [-0.25, -0.2) is 4.68 Å². The average molecular weight is 339 g/mol. The van der Waals surface area contributed by atoms with Crippen LogP contribution in [0.2, 0.25) is 0 Å². The summed E-state index contributed by atoms with van der Waals surface area (Å²) in [5, 5.41) is 13.8. The predicted octanol–water partition coefficient (Wildman–Crippen LogP) is 2.08. The minimum atomic E-state index is -0.278. The van der Waals surface area contributed by atoms with E-state index in [1.807, 2.05) is 25.1 Å². The Balaban J connectivity index is 1.61. The van der Waals surface area contributed by atoms with Gasteiger partial charge in [0.25, 0.3) is 5.91 Å². The maximum absolute atomic E-state index is 12.1. The summed E-state index contributed by atoms with van der Waals surface area (Å²) in [6, 6.07) is 14.4. The average Bonchev–Trinajstić information content (AvgIpc) is 3.16. The summed E-state index contributed by atoms with van der Waals surface area (Å²) in [5.74, 6) is 0.862. The lowest BCUT2D eigenvalue weighted by molar-refractivity contribution is -0.118. The molecule has 3 aromatic rings. The number of nitrogens with one attached hydrogen (secondary N) is 1. The molecule has 0 aliphatic carbocycles. The Bertz CT molecular complexity index is 836. The molecular formula is C17H17N5O3. The lowest BCUT2D eigenvalue weighted by Gasteiger charge is -2.12. The highest BCUT2D eigenvalue weighted by Crippen LogP contribution is 2.26. The molecule has 1 aromatic heterocycles. The molecule has 0 radical (unpaired) electrons. The smallest absolute Gasteiger partial charge is 0.262 e. The number of carbonyl (C=O) groups excluding carboxylic acids is 1. The number of nitrogens with zero attached hydrogens (tertiary/aromatic N) is 4. The molecule has 0 saturated heterocycles. The van der Waals surface area contributed by atoms with Crippen molar-refractivity contribution >= 4 is 11.6 Å². The number of amides is 1. The largest absolute Gasteiger partial charge is 0.490 e. The van der Waals surface area contributed by atoms with Crippen LogP contribution in [0.25, 0.3) is 5.69 Å². The first-order valence-corrected chi connectivity index (χ1v) is 7.74. The molecule has 3 rings (SSSR count). The van der Waals surface area contributed by atoms with Gasteiger partial charge >= 0.3 is 0 Å². The lowest BCUT2D eigenvalue weighted by atomic mass is 10.3. The fourth-order valence-electron chi connectivity index (χ4n) is 2.19. The minimum absolute atomic E-state index is 0.126. The van der Waals surface area contributed by atoms with Crippen molar-refractivity contribution in [1.82, 2.24) is 20.2 Å². The van der Waals surface area contributed by atoms with Crippen molar-refractivity contribution in [1.29, 1.82) is 0 Å². The van der Waals surface area contributed by atoms with E-state index in [1.54, 1.807) is 30.3 Å². The molecule has 0 aliphatic heterocycles. The first-order valence-electron chi connectivity index (χ1n) is 7.74. The summed E-state index contributed by atoms with van der Waals surface area (Å²) in [5.41, 5.74) is 1.37. The second-order valence-corrected chi connectivity index (χ2v) is 5.02. The Hall–Kier alpha value is -3.42. The van der Waals surface area contributed by atoms with E-state index >= 15 is 0 Å². The molecule has 0 aliphatic rings. The van der Waals surface area contributed by atoms with E-state index in [0.717, 1.165) is 5.69 Å². The summed E-state index contributed by atoms with van der Waals surface area (Å²) in [6.07, 6.45) is 1.48. The zero-order valence-electron chi connectivity index (χ0n) is 13.6. The number of anilines is 1. The summed E-state index contributed by atoms with van der Waals surface area (Å²) in [6.45, 7) is 2.29. The van der Waals surface area contributed by atoms with Crippen molar-refractivity contribution in [2.75, 3.05) is 18.5 Å². The molecule has 0 atom stereocenters. The zero-order valence-corrected chi connectivity index (χ0v) is 13.6. The standard InChI is InChI=1S/C17H17N5O3/c1-2-24-15-8-3-4-9-16(15)25-11-17(23)19-13-6-5-7-14(10-13)22-12-18-20-21-22/h3-10,12H,2,11H2,1H3,(H,19,23). The van der Waals surface area contributed by atoms with Crippen LogP contribution in [0.4, 0.5) is 5.69 Å². The third-order valence-corrected chi connectivity index (χ3v) is 3.25. The number of ether oxygens (including phenoxy) is 2. The van der Waals surface area contributed by atoms with Gasteiger partial charge in [0.05, 0.1) is 12.3 Å². The first-order chi connectivity index (χ1) is 12.3. The van der Waals surface area contributed by atoms with Gasteiger partial charge in [-0.2, -0.15) is 0 Å². The zero-order chi connectivity index (χ0) is 17.5. The predicted molar refractivity (Wildman–Crippen MR) is 90.9 cm³/mol. The molecule has 0 bridgehead atoms. The highest BCUT2D eigenvalue weighted by atomic mass is 16.5. The van der Waals surface area contributed by atoms with E-state index in [1.165, 1.54) is 11.0 Å². The fraction of sp³-hybridized carbons (Fsp3) is 0.176. The molecule has 2 aromatic carbocycles. The second-order valence-electron chi connectivity index (χ2n) is 5.02. The van der Waals surface area contributed by atoms with Crippen molar-refractivity contribution in [2.24, 2.45) is 0 Å². The summed E-state index contributed by atoms with van der Waals surface area (Å²) >= 11 is 0. The number of carbonyl (C=O) groups is 1. The van der Waals surface area contributed by atoms with Gasteiger partial charge in [-0.3, -0.25) is 4.79 Å². The number of hydrogen-bond donors (Lipinski definition) is 1. The van der Waals surface area contributed by atoms with Crippen LogP contribution in [0.3, 0.4) is 0 Å². The van der Waals surface area contributed by atoms with Crippen molar-refractivity contribution in [2.45, 2.75) is 6.92 Å². The number of tetrazole rings is 1. The van der Waals surface area contributed by atoms with Crippen LogP contribution in [-0.4, -0.2) is 39.3 Å². The second kappa shape index (κ2) is 7.91. The van der Waals surface area contributed by atoms with E-state index in [-0.39, 0.29) is 12.5 Å². The van der Waals surface area contributed by atoms with Crippen molar-refractivity contribution in [3.8, 4) is 17.2 Å². The van der Waals surface area contributed by atoms with E-state index in [4.69, 9.17) is 9.47 Å². The minimum Gasteiger partial charge on any atom is -0.490 e. The Morgan fingerprint density at radius 3 is 2.64 bits per heavy atom. The van der Waals surface area contributed by atoms with Crippen molar-refractivity contribution in [3.63, 3.8) is 0 Å². The Morgan fingerprint density at radius 1 is 1.12 bits per heavy atom. The van der Waals surface area contributed by atoms with E-state index in [2.05, 4.69) is 20.8 Å². The van der Waals surface area contributed by atoms with Crippen LogP contribution in [0, 0.1) is 0 Å². The SMILES string of the molecule is CCOc1ccccc1OCC(=O)Nc1cccc(-n2cnnn2)c1. The third kappa shape index (κ3) is 4.31. The molecule has 0 unspecified atom stereocenters. The third-order valence-electron chi connectivity index (χ3n) is 3.25. The number of aromatic nitrogens is 4. The fourth-order valence-corrected chi connectivity index (χ4v) is 2.19. The number of para-hydroxylation sites is 2. The van der Waals surface area contributed by atoms with Gasteiger partial charge < -0.3 is 14.8 Å². The normalized spacial score (nSPS) is 10.3. The van der Waals surface area contributed by atoms with Crippen molar-refractivity contribution < 1.29 is 14.3 Å². The Labute approximate surface area is 144 Å². The maximum atomic E-state index is 12.1. The number of benzene rings is 2. The van der Waals surface area contributed by atoms with Crippen LogP contribution in [0.15, 0.2) is 54.9 Å². The Morgan fingerprint density at radius 2 is 1.92 bits per heavy atom. The molecule has 1 N–H and O–H groups in total. The molecule has 0 spiro atoms. The molecule has 8 heteroatoms. The summed E-state index contributed by atoms with van der Waals surface area (Å²) in [4.78, 5) is 12.1. The molecule has 0 fully saturated rings. The monoisotopic (exact) mass is 339 g/mol. The van der Waals surface area contributed by atoms with Crippen LogP contribution in [-0.2, 0) is 4.79 Å². The van der Waals surface area contributed by atoms with Crippen LogP contribution in [0.1, 0.15) is 6.92 Å². The van der Waals surface area contributed by atoms with Crippen LogP contribution < -0.4 is 14.8 Å². The van der Waals surface area contributed by atoms with Crippen LogP contribution in [0.5, 0.6) is 11.5 Å². The molecule has 25 heavy (non-hydrogen) atoms. The quantitative estimate of drug-likeness (QED) is 0.709. The highest BCUT2D eigenvalue weighted by Gasteiger charge is 2.08. The van der Waals surface area contributed by atoms with Gasteiger partial charge in [0.1, 0.15) is 6.33 Å². The van der Waals surface area contributed by atoms with Crippen LogP contribution >= 0.6 is 0 Å². The van der Waals surface area contributed by atoms with Gasteiger partial charge in [-0.15, -0.1) is 5.10 Å². The van der Waals surface area contributed by atoms with Gasteiger partial charge in [-0.05, 0) is 47.7 Å². The van der Waals surface area contributed by atoms with Crippen molar-refractivity contribution in [3.05, 3.63) is 54.9 Å². The number of hydrogen-bond acceptors (Lipinski definition) is 6. The molecule has 1 amide bonds.